The lowest BCUT2D eigenvalue weighted by atomic mass is 10.3. The summed E-state index contributed by atoms with van der Waals surface area (Å²) in [6.07, 6.45) is 3.31. The fourth-order valence-corrected chi connectivity index (χ4v) is 5.80. The molecule has 1 heterocycles. The summed E-state index contributed by atoms with van der Waals surface area (Å²) in [7, 11) is -3.96. The normalized spacial score (nSPS) is 11.0. The second-order valence-corrected chi connectivity index (χ2v) is 9.37. The average molecular weight is 530 g/mol. The van der Waals surface area contributed by atoms with Crippen LogP contribution in [0.1, 0.15) is 5.56 Å². The van der Waals surface area contributed by atoms with E-state index in [4.69, 9.17) is 23.2 Å². The predicted molar refractivity (Wildman–Crippen MR) is 122 cm³/mol. The van der Waals surface area contributed by atoms with E-state index in [1.54, 1.807) is 30.6 Å². The zero-order chi connectivity index (χ0) is 21.7. The van der Waals surface area contributed by atoms with Gasteiger partial charge in [0.25, 0.3) is 10.0 Å². The number of anilines is 2. The van der Waals surface area contributed by atoms with Crippen LogP contribution in [0.25, 0.3) is 0 Å². The topological polar surface area (TPSA) is 100 Å². The SMILES string of the molecule is O=C(NCc1cccnc1)Nc1ccc(NS(=O)(=O)c2c(Cl)cc(Cl)cc2Br)cc1. The molecule has 0 radical (unpaired) electrons. The van der Waals surface area contributed by atoms with Gasteiger partial charge in [0.1, 0.15) is 4.90 Å². The zero-order valence-electron chi connectivity index (χ0n) is 15.2. The summed E-state index contributed by atoms with van der Waals surface area (Å²) in [5.41, 5.74) is 1.66. The molecule has 11 heteroatoms. The van der Waals surface area contributed by atoms with Crippen LogP contribution in [0.15, 0.2) is 70.3 Å². The number of benzene rings is 2. The summed E-state index contributed by atoms with van der Waals surface area (Å²) >= 11 is 15.1. The number of urea groups is 1. The van der Waals surface area contributed by atoms with Crippen LogP contribution in [0.4, 0.5) is 16.2 Å². The highest BCUT2D eigenvalue weighted by molar-refractivity contribution is 9.10. The van der Waals surface area contributed by atoms with Gasteiger partial charge in [0.05, 0.1) is 5.02 Å². The minimum atomic E-state index is -3.96. The van der Waals surface area contributed by atoms with Crippen molar-refractivity contribution < 1.29 is 13.2 Å². The molecular formula is C19H15BrCl2N4O3S. The van der Waals surface area contributed by atoms with Gasteiger partial charge >= 0.3 is 6.03 Å². The Morgan fingerprint density at radius 1 is 1.07 bits per heavy atom. The van der Waals surface area contributed by atoms with Crippen molar-refractivity contribution in [2.75, 3.05) is 10.0 Å². The fourth-order valence-electron chi connectivity index (χ4n) is 2.47. The van der Waals surface area contributed by atoms with Crippen LogP contribution in [-0.2, 0) is 16.6 Å². The number of carbonyl (C=O) groups is 1. The van der Waals surface area contributed by atoms with Gasteiger partial charge in [-0.3, -0.25) is 9.71 Å². The van der Waals surface area contributed by atoms with E-state index in [0.717, 1.165) is 5.56 Å². The highest BCUT2D eigenvalue weighted by Gasteiger charge is 2.22. The Labute approximate surface area is 192 Å². The average Bonchev–Trinajstić information content (AvgIpc) is 2.67. The molecule has 0 atom stereocenters. The monoisotopic (exact) mass is 528 g/mol. The van der Waals surface area contributed by atoms with Gasteiger partial charge in [0.2, 0.25) is 0 Å². The van der Waals surface area contributed by atoms with Crippen molar-refractivity contribution in [3.63, 3.8) is 0 Å². The molecule has 0 saturated heterocycles. The van der Waals surface area contributed by atoms with Gasteiger partial charge in [-0.15, -0.1) is 0 Å². The molecule has 3 aromatic rings. The van der Waals surface area contributed by atoms with Crippen molar-refractivity contribution in [2.45, 2.75) is 11.4 Å². The highest BCUT2D eigenvalue weighted by atomic mass is 79.9. The number of halogens is 3. The van der Waals surface area contributed by atoms with Crippen LogP contribution in [0, 0.1) is 0 Å². The first-order valence-corrected chi connectivity index (χ1v) is 11.5. The molecule has 3 N–H and O–H groups in total. The molecular weight excluding hydrogens is 515 g/mol. The molecule has 0 saturated carbocycles. The smallest absolute Gasteiger partial charge is 0.319 e. The largest absolute Gasteiger partial charge is 0.334 e. The third-order valence-electron chi connectivity index (χ3n) is 3.80. The van der Waals surface area contributed by atoms with Gasteiger partial charge in [-0.1, -0.05) is 29.3 Å². The maximum absolute atomic E-state index is 12.7. The number of hydrogen-bond donors (Lipinski definition) is 3. The van der Waals surface area contributed by atoms with Crippen molar-refractivity contribution in [3.8, 4) is 0 Å². The Kier molecular flexibility index (Phi) is 7.19. The van der Waals surface area contributed by atoms with E-state index in [0.29, 0.717) is 22.9 Å². The van der Waals surface area contributed by atoms with Crippen LogP contribution < -0.4 is 15.4 Å². The van der Waals surface area contributed by atoms with Crippen molar-refractivity contribution in [1.29, 1.82) is 0 Å². The number of nitrogens with zero attached hydrogens (tertiary/aromatic N) is 1. The maximum atomic E-state index is 12.7. The minimum absolute atomic E-state index is 0.00884. The molecule has 0 aliphatic carbocycles. The molecule has 156 valence electrons. The summed E-state index contributed by atoms with van der Waals surface area (Å²) in [5.74, 6) is 0. The van der Waals surface area contributed by atoms with Gasteiger partial charge in [0, 0.05) is 39.8 Å². The Morgan fingerprint density at radius 3 is 2.40 bits per heavy atom. The molecule has 0 fully saturated rings. The maximum Gasteiger partial charge on any atom is 0.319 e. The summed E-state index contributed by atoms with van der Waals surface area (Å²) in [6.45, 7) is 0.328. The molecule has 2 amide bonds. The molecule has 0 aliphatic heterocycles. The van der Waals surface area contributed by atoms with Crippen molar-refractivity contribution in [1.82, 2.24) is 10.3 Å². The van der Waals surface area contributed by atoms with Gasteiger partial charge in [-0.2, -0.15) is 0 Å². The lowest BCUT2D eigenvalue weighted by molar-refractivity contribution is 0.251. The van der Waals surface area contributed by atoms with E-state index in [1.807, 2.05) is 6.07 Å². The first kappa shape index (κ1) is 22.4. The lowest BCUT2D eigenvalue weighted by Gasteiger charge is -2.12. The minimum Gasteiger partial charge on any atom is -0.334 e. The zero-order valence-corrected chi connectivity index (χ0v) is 19.1. The summed E-state index contributed by atoms with van der Waals surface area (Å²) in [6, 6.07) is 12.2. The summed E-state index contributed by atoms with van der Waals surface area (Å²) in [4.78, 5) is 15.9. The van der Waals surface area contributed by atoms with Gasteiger partial charge < -0.3 is 10.6 Å². The summed E-state index contributed by atoms with van der Waals surface area (Å²) < 4.78 is 28.1. The number of pyridine rings is 1. The van der Waals surface area contributed by atoms with Crippen molar-refractivity contribution in [2.24, 2.45) is 0 Å². The first-order chi connectivity index (χ1) is 14.2. The third kappa shape index (κ3) is 5.85. The molecule has 30 heavy (non-hydrogen) atoms. The number of sulfonamides is 1. The van der Waals surface area contributed by atoms with E-state index in [9.17, 15) is 13.2 Å². The van der Waals surface area contributed by atoms with Crippen LogP contribution in [-0.4, -0.2) is 19.4 Å². The molecule has 0 spiro atoms. The van der Waals surface area contributed by atoms with Gasteiger partial charge in [-0.25, -0.2) is 13.2 Å². The second-order valence-electron chi connectivity index (χ2n) is 6.05. The van der Waals surface area contributed by atoms with Crippen LogP contribution >= 0.6 is 39.1 Å². The van der Waals surface area contributed by atoms with Crippen LogP contribution in [0.5, 0.6) is 0 Å². The Hall–Kier alpha value is -2.33. The standard InChI is InChI=1S/C19H15BrCl2N4O3S/c20-16-8-13(21)9-17(22)18(16)30(28,29)26-15-5-3-14(4-6-15)25-19(27)24-11-12-2-1-7-23-10-12/h1-10,26H,11H2,(H2,24,25,27). The lowest BCUT2D eigenvalue weighted by Crippen LogP contribution is -2.28. The Balaban J connectivity index is 1.63. The van der Waals surface area contributed by atoms with E-state index >= 15 is 0 Å². The molecule has 7 nitrogen and oxygen atoms in total. The number of aromatic nitrogens is 1. The number of hydrogen-bond acceptors (Lipinski definition) is 4. The number of carbonyl (C=O) groups excluding carboxylic acids is 1. The Bertz CT molecular complexity index is 1140. The van der Waals surface area contributed by atoms with E-state index in [1.165, 1.54) is 24.3 Å². The van der Waals surface area contributed by atoms with E-state index < -0.39 is 16.1 Å². The van der Waals surface area contributed by atoms with E-state index in [2.05, 4.69) is 36.3 Å². The van der Waals surface area contributed by atoms with Gasteiger partial charge in [-0.05, 0) is 64.0 Å². The molecule has 0 aliphatic rings. The molecule has 0 unspecified atom stereocenters. The van der Waals surface area contributed by atoms with Gasteiger partial charge in [0.15, 0.2) is 0 Å². The second kappa shape index (κ2) is 9.65. The fraction of sp³-hybridized carbons (Fsp3) is 0.0526. The van der Waals surface area contributed by atoms with Crippen LogP contribution in [0.2, 0.25) is 10.0 Å². The molecule has 0 bridgehead atoms. The van der Waals surface area contributed by atoms with Crippen LogP contribution in [0.3, 0.4) is 0 Å². The predicted octanol–water partition coefficient (Wildman–Crippen LogP) is 5.27. The van der Waals surface area contributed by atoms with Crippen molar-refractivity contribution >= 4 is 66.6 Å². The third-order valence-corrected chi connectivity index (χ3v) is 6.80. The number of nitrogens with one attached hydrogen (secondary N) is 3. The molecule has 2 aromatic carbocycles. The molecule has 3 rings (SSSR count). The van der Waals surface area contributed by atoms with Crippen molar-refractivity contribution in [3.05, 3.63) is 81.0 Å². The quantitative estimate of drug-likeness (QED) is 0.404. The highest BCUT2D eigenvalue weighted by Crippen LogP contribution is 2.34. The van der Waals surface area contributed by atoms with E-state index in [-0.39, 0.29) is 14.4 Å². The number of rotatable bonds is 6. The molecule has 1 aromatic heterocycles. The Morgan fingerprint density at radius 2 is 1.77 bits per heavy atom. The first-order valence-electron chi connectivity index (χ1n) is 8.46. The number of amides is 2. The summed E-state index contributed by atoms with van der Waals surface area (Å²) in [5, 5.41) is 5.67.